The highest BCUT2D eigenvalue weighted by atomic mass is 16.3. The van der Waals surface area contributed by atoms with E-state index in [-0.39, 0.29) is 0 Å². The van der Waals surface area contributed by atoms with E-state index in [1.54, 1.807) is 6.07 Å². The SMILES string of the molecule is CN1CC=C(c2cccc3ccc(O)cc23)CC1. The maximum absolute atomic E-state index is 9.67. The lowest BCUT2D eigenvalue weighted by Crippen LogP contribution is -2.23. The number of fused-ring (bicyclic) bond motifs is 1. The first kappa shape index (κ1) is 11.3. The molecule has 1 aliphatic rings. The largest absolute Gasteiger partial charge is 0.508 e. The number of aromatic hydroxyl groups is 1. The molecular weight excluding hydrogens is 222 g/mol. The smallest absolute Gasteiger partial charge is 0.116 e. The van der Waals surface area contributed by atoms with Crippen LogP contribution in [0.15, 0.2) is 42.5 Å². The molecule has 0 fully saturated rings. The molecular formula is C16H17NO. The number of rotatable bonds is 1. The van der Waals surface area contributed by atoms with Crippen molar-refractivity contribution in [3.05, 3.63) is 48.0 Å². The molecule has 0 aliphatic carbocycles. The van der Waals surface area contributed by atoms with Gasteiger partial charge in [0, 0.05) is 13.1 Å². The van der Waals surface area contributed by atoms with E-state index in [0.717, 1.165) is 24.9 Å². The summed E-state index contributed by atoms with van der Waals surface area (Å²) in [5.41, 5.74) is 2.65. The first-order chi connectivity index (χ1) is 8.74. The van der Waals surface area contributed by atoms with Crippen LogP contribution in [0, 0.1) is 0 Å². The third kappa shape index (κ3) is 2.00. The summed E-state index contributed by atoms with van der Waals surface area (Å²) in [6.45, 7) is 2.10. The van der Waals surface area contributed by atoms with Crippen LogP contribution in [0.5, 0.6) is 5.75 Å². The van der Waals surface area contributed by atoms with Gasteiger partial charge in [-0.25, -0.2) is 0 Å². The van der Waals surface area contributed by atoms with Gasteiger partial charge in [0.15, 0.2) is 0 Å². The van der Waals surface area contributed by atoms with Crippen molar-refractivity contribution in [3.8, 4) is 5.75 Å². The first-order valence-corrected chi connectivity index (χ1v) is 6.34. The van der Waals surface area contributed by atoms with Gasteiger partial charge in [-0.05, 0) is 47.5 Å². The van der Waals surface area contributed by atoms with Gasteiger partial charge in [-0.1, -0.05) is 30.3 Å². The third-order valence-electron chi connectivity index (χ3n) is 3.62. The Hall–Kier alpha value is -1.80. The van der Waals surface area contributed by atoms with Crippen LogP contribution in [-0.4, -0.2) is 30.1 Å². The molecule has 1 N–H and O–H groups in total. The highest BCUT2D eigenvalue weighted by Gasteiger charge is 2.12. The van der Waals surface area contributed by atoms with Crippen molar-refractivity contribution in [3.63, 3.8) is 0 Å². The molecule has 3 rings (SSSR count). The minimum absolute atomic E-state index is 0.337. The standard InChI is InChI=1S/C16H17NO/c1-17-9-7-13(8-10-17)15-4-2-3-12-5-6-14(18)11-16(12)15/h2-7,11,18H,8-10H2,1H3. The monoisotopic (exact) mass is 239 g/mol. The van der Waals surface area contributed by atoms with Gasteiger partial charge < -0.3 is 10.0 Å². The molecule has 1 aliphatic heterocycles. The van der Waals surface area contributed by atoms with Crippen LogP contribution in [0.4, 0.5) is 0 Å². The Bertz CT molecular complexity index is 616. The van der Waals surface area contributed by atoms with Gasteiger partial charge in [0.25, 0.3) is 0 Å². The Morgan fingerprint density at radius 2 is 2.06 bits per heavy atom. The topological polar surface area (TPSA) is 23.5 Å². The van der Waals surface area contributed by atoms with E-state index in [4.69, 9.17) is 0 Å². The Morgan fingerprint density at radius 1 is 1.17 bits per heavy atom. The quantitative estimate of drug-likeness (QED) is 0.825. The molecule has 0 saturated heterocycles. The molecule has 1 heterocycles. The Kier molecular flexibility index (Phi) is 2.80. The van der Waals surface area contributed by atoms with E-state index in [1.165, 1.54) is 16.5 Å². The molecule has 0 radical (unpaired) electrons. The maximum Gasteiger partial charge on any atom is 0.116 e. The Labute approximate surface area is 107 Å². The van der Waals surface area contributed by atoms with Crippen LogP contribution in [0.25, 0.3) is 16.3 Å². The number of hydrogen-bond donors (Lipinski definition) is 1. The minimum atomic E-state index is 0.337. The summed E-state index contributed by atoms with van der Waals surface area (Å²) in [4.78, 5) is 2.31. The molecule has 0 aromatic heterocycles. The molecule has 92 valence electrons. The van der Waals surface area contributed by atoms with Gasteiger partial charge in [-0.15, -0.1) is 0 Å². The summed E-state index contributed by atoms with van der Waals surface area (Å²) in [5.74, 6) is 0.337. The molecule has 0 spiro atoms. The molecule has 2 nitrogen and oxygen atoms in total. The lowest BCUT2D eigenvalue weighted by molar-refractivity contribution is 0.370. The molecule has 0 unspecified atom stereocenters. The second-order valence-corrected chi connectivity index (χ2v) is 4.95. The number of hydrogen-bond acceptors (Lipinski definition) is 2. The molecule has 0 amide bonds. The van der Waals surface area contributed by atoms with E-state index in [0.29, 0.717) is 5.75 Å². The minimum Gasteiger partial charge on any atom is -0.508 e. The fourth-order valence-electron chi connectivity index (χ4n) is 2.56. The fraction of sp³-hybridized carbons (Fsp3) is 0.250. The Morgan fingerprint density at radius 3 is 2.83 bits per heavy atom. The van der Waals surface area contributed by atoms with E-state index in [1.807, 2.05) is 12.1 Å². The fourth-order valence-corrected chi connectivity index (χ4v) is 2.56. The highest BCUT2D eigenvalue weighted by Crippen LogP contribution is 2.30. The lowest BCUT2D eigenvalue weighted by Gasteiger charge is -2.22. The van der Waals surface area contributed by atoms with Gasteiger partial charge >= 0.3 is 0 Å². The first-order valence-electron chi connectivity index (χ1n) is 6.34. The summed E-state index contributed by atoms with van der Waals surface area (Å²) >= 11 is 0. The van der Waals surface area contributed by atoms with E-state index in [9.17, 15) is 5.11 Å². The van der Waals surface area contributed by atoms with Crippen molar-refractivity contribution in [1.29, 1.82) is 0 Å². The average Bonchev–Trinajstić information content (AvgIpc) is 2.39. The zero-order valence-corrected chi connectivity index (χ0v) is 10.6. The van der Waals surface area contributed by atoms with Gasteiger partial charge in [0.1, 0.15) is 5.75 Å². The summed E-state index contributed by atoms with van der Waals surface area (Å²) in [6, 6.07) is 11.9. The normalized spacial score (nSPS) is 16.8. The lowest BCUT2D eigenvalue weighted by atomic mass is 9.94. The highest BCUT2D eigenvalue weighted by molar-refractivity contribution is 5.94. The number of benzene rings is 2. The summed E-state index contributed by atoms with van der Waals surface area (Å²) < 4.78 is 0. The number of nitrogens with zero attached hydrogens (tertiary/aromatic N) is 1. The van der Waals surface area contributed by atoms with E-state index < -0.39 is 0 Å². The van der Waals surface area contributed by atoms with Crippen LogP contribution < -0.4 is 0 Å². The van der Waals surface area contributed by atoms with Crippen molar-refractivity contribution in [1.82, 2.24) is 4.90 Å². The van der Waals surface area contributed by atoms with Gasteiger partial charge in [0.05, 0.1) is 0 Å². The van der Waals surface area contributed by atoms with Crippen LogP contribution in [0.1, 0.15) is 12.0 Å². The van der Waals surface area contributed by atoms with Crippen molar-refractivity contribution in [2.45, 2.75) is 6.42 Å². The second-order valence-electron chi connectivity index (χ2n) is 4.95. The third-order valence-corrected chi connectivity index (χ3v) is 3.62. The molecule has 0 saturated carbocycles. The number of likely N-dealkylation sites (N-methyl/N-ethyl adjacent to an activating group) is 1. The van der Waals surface area contributed by atoms with Gasteiger partial charge in [0.2, 0.25) is 0 Å². The predicted molar refractivity (Wildman–Crippen MR) is 75.7 cm³/mol. The van der Waals surface area contributed by atoms with Crippen molar-refractivity contribution < 1.29 is 5.11 Å². The van der Waals surface area contributed by atoms with Crippen LogP contribution in [-0.2, 0) is 0 Å². The zero-order valence-electron chi connectivity index (χ0n) is 10.6. The van der Waals surface area contributed by atoms with Gasteiger partial charge in [-0.2, -0.15) is 0 Å². The molecule has 2 aromatic carbocycles. The average molecular weight is 239 g/mol. The molecule has 18 heavy (non-hydrogen) atoms. The number of phenolic OH excluding ortho intramolecular Hbond substituents is 1. The van der Waals surface area contributed by atoms with Gasteiger partial charge in [-0.3, -0.25) is 0 Å². The molecule has 0 atom stereocenters. The van der Waals surface area contributed by atoms with E-state index in [2.05, 4.69) is 36.2 Å². The maximum atomic E-state index is 9.67. The molecule has 2 heteroatoms. The second kappa shape index (κ2) is 4.46. The van der Waals surface area contributed by atoms with Crippen LogP contribution in [0.3, 0.4) is 0 Å². The Balaban J connectivity index is 2.14. The van der Waals surface area contributed by atoms with Crippen molar-refractivity contribution in [2.24, 2.45) is 0 Å². The summed E-state index contributed by atoms with van der Waals surface area (Å²) in [6.07, 6.45) is 3.37. The van der Waals surface area contributed by atoms with E-state index >= 15 is 0 Å². The predicted octanol–water partition coefficient (Wildman–Crippen LogP) is 3.26. The van der Waals surface area contributed by atoms with Crippen molar-refractivity contribution in [2.75, 3.05) is 20.1 Å². The number of phenols is 1. The molecule has 0 bridgehead atoms. The van der Waals surface area contributed by atoms with Crippen molar-refractivity contribution >= 4 is 16.3 Å². The summed E-state index contributed by atoms with van der Waals surface area (Å²) in [7, 11) is 2.14. The zero-order chi connectivity index (χ0) is 12.5. The summed E-state index contributed by atoms with van der Waals surface area (Å²) in [5, 5.41) is 12.0. The molecule has 2 aromatic rings. The van der Waals surface area contributed by atoms with Crippen LogP contribution >= 0.6 is 0 Å². The van der Waals surface area contributed by atoms with Crippen LogP contribution in [0.2, 0.25) is 0 Å².